The van der Waals surface area contributed by atoms with Crippen LogP contribution >= 0.6 is 24.8 Å². The number of hydrogen-bond donors (Lipinski definition) is 2. The van der Waals surface area contributed by atoms with Gasteiger partial charge in [-0.25, -0.2) is 0 Å². The molecule has 0 aromatic carbocycles. The molecule has 2 rings (SSSR count). The predicted octanol–water partition coefficient (Wildman–Crippen LogP) is 1.03. The normalized spacial score (nSPS) is 13.5. The lowest BCUT2D eigenvalue weighted by Crippen LogP contribution is -2.29. The number of amides is 1. The molecule has 0 saturated carbocycles. The third-order valence-electron chi connectivity index (χ3n) is 1.74. The number of carbonyl (C=O) groups excluding carboxylic acids is 1. The molecule has 0 saturated heterocycles. The van der Waals surface area contributed by atoms with Gasteiger partial charge in [0.05, 0.1) is 13.0 Å². The molecule has 0 radical (unpaired) electrons. The summed E-state index contributed by atoms with van der Waals surface area (Å²) >= 11 is 0. The summed E-state index contributed by atoms with van der Waals surface area (Å²) in [5.41, 5.74) is 2.27. The Morgan fingerprint density at radius 3 is 2.83 bits per heavy atom. The quantitative estimate of drug-likeness (QED) is 0.658. The van der Waals surface area contributed by atoms with Crippen LogP contribution in [0.25, 0.3) is 0 Å². The Bertz CT molecular complexity index is 272. The first-order chi connectivity index (χ1) is 4.86. The predicted molar refractivity (Wildman–Crippen MR) is 50.8 cm³/mol. The van der Waals surface area contributed by atoms with Crippen LogP contribution in [0.4, 0.5) is 0 Å². The second kappa shape index (κ2) is 4.38. The summed E-state index contributed by atoms with van der Waals surface area (Å²) < 4.78 is 0. The van der Waals surface area contributed by atoms with Gasteiger partial charge in [-0.05, 0) is 11.6 Å². The van der Waals surface area contributed by atoms with E-state index in [2.05, 4.69) is 10.3 Å². The number of nitrogens with one attached hydrogen (secondary N) is 2. The third kappa shape index (κ3) is 1.93. The smallest absolute Gasteiger partial charge is 0.224 e. The number of carbonyl (C=O) groups is 1. The van der Waals surface area contributed by atoms with Gasteiger partial charge in [0, 0.05) is 11.9 Å². The summed E-state index contributed by atoms with van der Waals surface area (Å²) in [5.74, 6) is 0.118. The summed E-state index contributed by atoms with van der Waals surface area (Å²) in [6.07, 6.45) is 2.39. The molecule has 1 aromatic heterocycles. The molecule has 1 aromatic rings. The van der Waals surface area contributed by atoms with Gasteiger partial charge < -0.3 is 10.3 Å². The van der Waals surface area contributed by atoms with E-state index in [1.165, 1.54) is 0 Å². The van der Waals surface area contributed by atoms with Crippen molar-refractivity contribution in [3.63, 3.8) is 0 Å². The molecule has 0 unspecified atom stereocenters. The van der Waals surface area contributed by atoms with Crippen LogP contribution in [0.3, 0.4) is 0 Å². The Morgan fingerprint density at radius 1 is 1.33 bits per heavy atom. The minimum absolute atomic E-state index is 0. The van der Waals surface area contributed by atoms with Crippen molar-refractivity contribution < 1.29 is 4.79 Å². The van der Waals surface area contributed by atoms with Crippen molar-refractivity contribution in [3.05, 3.63) is 23.5 Å². The van der Waals surface area contributed by atoms with Crippen molar-refractivity contribution in [2.75, 3.05) is 0 Å². The molecule has 5 heteroatoms. The summed E-state index contributed by atoms with van der Waals surface area (Å²) in [5, 5.41) is 2.75. The van der Waals surface area contributed by atoms with Gasteiger partial charge in [-0.2, -0.15) is 0 Å². The molecule has 0 aliphatic carbocycles. The van der Waals surface area contributed by atoms with E-state index in [0.29, 0.717) is 13.0 Å². The molecule has 1 aliphatic rings. The number of aromatic amines is 1. The molecule has 2 heterocycles. The Kier molecular flexibility index (Phi) is 4.13. The van der Waals surface area contributed by atoms with E-state index in [1.807, 2.05) is 12.3 Å². The van der Waals surface area contributed by atoms with E-state index in [0.717, 1.165) is 11.3 Å². The molecule has 0 spiro atoms. The Morgan fingerprint density at radius 2 is 2.08 bits per heavy atom. The zero-order valence-electron chi connectivity index (χ0n) is 6.29. The first kappa shape index (κ1) is 11.3. The summed E-state index contributed by atoms with van der Waals surface area (Å²) in [6, 6.07) is 1.95. The SMILES string of the molecule is Cl.Cl.O=C1Cc2cc[nH]c2CN1. The number of hydrogen-bond acceptors (Lipinski definition) is 1. The van der Waals surface area contributed by atoms with Crippen molar-refractivity contribution in [1.82, 2.24) is 10.3 Å². The van der Waals surface area contributed by atoms with E-state index in [1.54, 1.807) is 0 Å². The van der Waals surface area contributed by atoms with Crippen molar-refractivity contribution in [3.8, 4) is 0 Å². The molecule has 1 amide bonds. The van der Waals surface area contributed by atoms with Gasteiger partial charge in [0.25, 0.3) is 0 Å². The highest BCUT2D eigenvalue weighted by atomic mass is 35.5. The van der Waals surface area contributed by atoms with Crippen LogP contribution in [0.15, 0.2) is 12.3 Å². The molecule has 12 heavy (non-hydrogen) atoms. The van der Waals surface area contributed by atoms with Crippen LogP contribution in [0.2, 0.25) is 0 Å². The monoisotopic (exact) mass is 208 g/mol. The van der Waals surface area contributed by atoms with Crippen LogP contribution in [-0.2, 0) is 17.8 Å². The minimum Gasteiger partial charge on any atom is -0.363 e. The number of H-pyrrole nitrogens is 1. The maximum absolute atomic E-state index is 10.8. The second-order valence-electron chi connectivity index (χ2n) is 2.43. The highest BCUT2D eigenvalue weighted by Gasteiger charge is 2.14. The first-order valence-corrected chi connectivity index (χ1v) is 3.28. The lowest BCUT2D eigenvalue weighted by molar-refractivity contribution is -0.121. The Hall–Kier alpha value is -0.670. The molecule has 68 valence electrons. The molecular weight excluding hydrogens is 199 g/mol. The number of aromatic nitrogens is 1. The molecule has 3 nitrogen and oxygen atoms in total. The molecular formula is C7H10Cl2N2O. The van der Waals surface area contributed by atoms with E-state index in [-0.39, 0.29) is 30.7 Å². The minimum atomic E-state index is 0. The molecule has 1 aliphatic heterocycles. The van der Waals surface area contributed by atoms with Crippen molar-refractivity contribution in [2.45, 2.75) is 13.0 Å². The standard InChI is InChI=1S/C7H8N2O.2ClH/c10-7-3-5-1-2-8-6(5)4-9-7;;/h1-2,8H,3-4H2,(H,9,10);2*1H. The van der Waals surface area contributed by atoms with Gasteiger partial charge in [0.2, 0.25) is 5.91 Å². The first-order valence-electron chi connectivity index (χ1n) is 3.28. The van der Waals surface area contributed by atoms with Crippen LogP contribution in [0.5, 0.6) is 0 Å². The second-order valence-corrected chi connectivity index (χ2v) is 2.43. The highest BCUT2D eigenvalue weighted by Crippen LogP contribution is 2.10. The third-order valence-corrected chi connectivity index (χ3v) is 1.74. The lowest BCUT2D eigenvalue weighted by Gasteiger charge is -2.11. The van der Waals surface area contributed by atoms with Gasteiger partial charge in [-0.15, -0.1) is 24.8 Å². The van der Waals surface area contributed by atoms with Crippen LogP contribution in [-0.4, -0.2) is 10.9 Å². The average molecular weight is 209 g/mol. The van der Waals surface area contributed by atoms with Gasteiger partial charge >= 0.3 is 0 Å². The zero-order chi connectivity index (χ0) is 6.97. The Balaban J connectivity index is 0.000000605. The van der Waals surface area contributed by atoms with E-state index in [4.69, 9.17) is 0 Å². The molecule has 0 bridgehead atoms. The summed E-state index contributed by atoms with van der Waals surface area (Å²) in [7, 11) is 0. The average Bonchev–Trinajstić information content (AvgIpc) is 2.33. The number of fused-ring (bicyclic) bond motifs is 1. The van der Waals surface area contributed by atoms with Gasteiger partial charge in [0.1, 0.15) is 0 Å². The van der Waals surface area contributed by atoms with Gasteiger partial charge in [-0.1, -0.05) is 0 Å². The largest absolute Gasteiger partial charge is 0.363 e. The molecule has 0 atom stereocenters. The lowest BCUT2D eigenvalue weighted by atomic mass is 10.1. The zero-order valence-corrected chi connectivity index (χ0v) is 7.93. The number of halogens is 2. The molecule has 2 N–H and O–H groups in total. The maximum Gasteiger partial charge on any atom is 0.224 e. The maximum atomic E-state index is 10.8. The van der Waals surface area contributed by atoms with Crippen molar-refractivity contribution in [1.29, 1.82) is 0 Å². The fourth-order valence-electron chi connectivity index (χ4n) is 1.19. The number of rotatable bonds is 0. The van der Waals surface area contributed by atoms with Crippen molar-refractivity contribution in [2.24, 2.45) is 0 Å². The van der Waals surface area contributed by atoms with Crippen LogP contribution in [0, 0.1) is 0 Å². The van der Waals surface area contributed by atoms with Crippen LogP contribution in [0.1, 0.15) is 11.3 Å². The van der Waals surface area contributed by atoms with E-state index in [9.17, 15) is 4.79 Å². The summed E-state index contributed by atoms with van der Waals surface area (Å²) in [4.78, 5) is 13.9. The van der Waals surface area contributed by atoms with E-state index < -0.39 is 0 Å². The fourth-order valence-corrected chi connectivity index (χ4v) is 1.19. The topological polar surface area (TPSA) is 44.9 Å². The fraction of sp³-hybridized carbons (Fsp3) is 0.286. The van der Waals surface area contributed by atoms with Crippen molar-refractivity contribution >= 4 is 30.7 Å². The Labute approximate surface area is 82.7 Å². The van der Waals surface area contributed by atoms with Gasteiger partial charge in [0.15, 0.2) is 0 Å². The summed E-state index contributed by atoms with van der Waals surface area (Å²) in [6.45, 7) is 0.654. The van der Waals surface area contributed by atoms with Crippen LogP contribution < -0.4 is 5.32 Å². The molecule has 0 fully saturated rings. The van der Waals surface area contributed by atoms with E-state index >= 15 is 0 Å². The van der Waals surface area contributed by atoms with Gasteiger partial charge in [-0.3, -0.25) is 4.79 Å². The highest BCUT2D eigenvalue weighted by molar-refractivity contribution is 5.85.